The lowest BCUT2D eigenvalue weighted by Gasteiger charge is -2.34. The number of imidazole rings is 1. The Kier molecular flexibility index (Phi) is 4.16. The van der Waals surface area contributed by atoms with Gasteiger partial charge in [-0.2, -0.15) is 15.0 Å². The number of halogens is 3. The van der Waals surface area contributed by atoms with Gasteiger partial charge < -0.3 is 10.1 Å². The zero-order valence-electron chi connectivity index (χ0n) is 12.8. The van der Waals surface area contributed by atoms with Crippen LogP contribution in [0.2, 0.25) is 5.28 Å². The van der Waals surface area contributed by atoms with Gasteiger partial charge in [0.05, 0.1) is 24.4 Å². The highest BCUT2D eigenvalue weighted by molar-refractivity contribution is 7.07. The number of nitrogens with one attached hydrogen (secondary N) is 2. The minimum Gasteiger partial charge on any atom is -0.464 e. The van der Waals surface area contributed by atoms with Gasteiger partial charge in [0, 0.05) is 24.1 Å². The molecule has 0 amide bonds. The van der Waals surface area contributed by atoms with Gasteiger partial charge in [-0.25, -0.2) is 13.8 Å². The molecule has 0 unspecified atom stereocenters. The Morgan fingerprint density at radius 3 is 2.92 bits per heavy atom. The average Bonchev–Trinajstić information content (AvgIpc) is 3.17. The van der Waals surface area contributed by atoms with Crippen molar-refractivity contribution in [3.8, 4) is 6.01 Å². The van der Waals surface area contributed by atoms with Crippen LogP contribution < -0.4 is 10.1 Å². The van der Waals surface area contributed by atoms with Crippen LogP contribution in [0.1, 0.15) is 18.5 Å². The van der Waals surface area contributed by atoms with Gasteiger partial charge in [-0.15, -0.1) is 11.3 Å². The van der Waals surface area contributed by atoms with Crippen molar-refractivity contribution in [3.05, 3.63) is 21.9 Å². The summed E-state index contributed by atoms with van der Waals surface area (Å²) in [6, 6.07) is 0.207. The van der Waals surface area contributed by atoms with Crippen LogP contribution >= 0.6 is 22.9 Å². The third kappa shape index (κ3) is 3.64. The number of H-pyrrole nitrogens is 1. The molecule has 7 nitrogen and oxygen atoms in total. The second-order valence-electron chi connectivity index (χ2n) is 5.85. The molecule has 0 bridgehead atoms. The minimum absolute atomic E-state index is 0.0575. The molecule has 11 heteroatoms. The first-order valence-electron chi connectivity index (χ1n) is 7.53. The number of hydrogen-bond acceptors (Lipinski definition) is 7. The smallest absolute Gasteiger partial charge is 0.295 e. The lowest BCUT2D eigenvalue weighted by Crippen LogP contribution is -2.38. The van der Waals surface area contributed by atoms with E-state index in [0.717, 1.165) is 5.69 Å². The number of thiazole rings is 1. The Hall–Kier alpha value is -2.07. The zero-order valence-corrected chi connectivity index (χ0v) is 14.4. The zero-order chi connectivity index (χ0) is 17.4. The van der Waals surface area contributed by atoms with Crippen LogP contribution in [0.5, 0.6) is 6.01 Å². The summed E-state index contributed by atoms with van der Waals surface area (Å²) in [4.78, 5) is 19.6. The van der Waals surface area contributed by atoms with Crippen LogP contribution in [0.15, 0.2) is 10.9 Å². The van der Waals surface area contributed by atoms with Crippen LogP contribution in [-0.4, -0.2) is 37.4 Å². The fourth-order valence-electron chi connectivity index (χ4n) is 2.64. The van der Waals surface area contributed by atoms with Gasteiger partial charge in [0.25, 0.3) is 6.01 Å². The van der Waals surface area contributed by atoms with E-state index in [0.29, 0.717) is 23.5 Å². The summed E-state index contributed by atoms with van der Waals surface area (Å²) in [6.45, 7) is 0.643. The quantitative estimate of drug-likeness (QED) is 0.630. The van der Waals surface area contributed by atoms with Crippen LogP contribution in [0, 0.1) is 5.92 Å². The highest BCUT2D eigenvalue weighted by Crippen LogP contribution is 2.42. The molecule has 0 atom stereocenters. The van der Waals surface area contributed by atoms with E-state index in [2.05, 4.69) is 30.2 Å². The summed E-state index contributed by atoms with van der Waals surface area (Å²) in [6.07, 6.45) is -0.307. The fraction of sp³-hybridized carbons (Fsp3) is 0.429. The second kappa shape index (κ2) is 6.34. The molecule has 132 valence electrons. The lowest BCUT2D eigenvalue weighted by molar-refractivity contribution is -0.119. The van der Waals surface area contributed by atoms with Crippen LogP contribution in [0.4, 0.5) is 14.6 Å². The van der Waals surface area contributed by atoms with Crippen molar-refractivity contribution in [1.82, 2.24) is 24.9 Å². The van der Waals surface area contributed by atoms with E-state index in [1.165, 1.54) is 11.3 Å². The molecule has 2 N–H and O–H groups in total. The number of aromatic nitrogens is 5. The Morgan fingerprint density at radius 1 is 1.36 bits per heavy atom. The molecular weight excluding hydrogens is 374 g/mol. The van der Waals surface area contributed by atoms with Crippen molar-refractivity contribution in [2.24, 2.45) is 5.92 Å². The van der Waals surface area contributed by atoms with Gasteiger partial charge in [-0.3, -0.25) is 4.98 Å². The van der Waals surface area contributed by atoms with Crippen molar-refractivity contribution >= 4 is 39.9 Å². The number of anilines is 1. The first-order chi connectivity index (χ1) is 12.0. The molecule has 25 heavy (non-hydrogen) atoms. The van der Waals surface area contributed by atoms with E-state index in [4.69, 9.17) is 16.3 Å². The Bertz CT molecular complexity index is 879. The molecule has 1 aliphatic rings. The normalized spacial score (nSPS) is 16.8. The molecule has 0 radical (unpaired) electrons. The summed E-state index contributed by atoms with van der Waals surface area (Å²) >= 11 is 7.43. The van der Waals surface area contributed by atoms with Crippen molar-refractivity contribution in [2.75, 3.05) is 11.9 Å². The van der Waals surface area contributed by atoms with Gasteiger partial charge in [0.15, 0.2) is 17.0 Å². The number of rotatable bonds is 6. The van der Waals surface area contributed by atoms with Gasteiger partial charge in [0.2, 0.25) is 11.2 Å². The maximum absolute atomic E-state index is 12.9. The Morgan fingerprint density at radius 2 is 2.20 bits per heavy atom. The molecule has 0 spiro atoms. The van der Waals surface area contributed by atoms with Crippen molar-refractivity contribution < 1.29 is 13.5 Å². The maximum Gasteiger partial charge on any atom is 0.295 e. The predicted octanol–water partition coefficient (Wildman–Crippen LogP) is 3.50. The largest absolute Gasteiger partial charge is 0.464 e. The first kappa shape index (κ1) is 16.4. The topological polar surface area (TPSA) is 88.6 Å². The summed E-state index contributed by atoms with van der Waals surface area (Å²) in [5, 5.41) is 5.09. The van der Waals surface area contributed by atoms with E-state index in [9.17, 15) is 8.78 Å². The molecule has 0 aromatic carbocycles. The summed E-state index contributed by atoms with van der Waals surface area (Å²) in [5.74, 6) is -2.28. The number of hydrogen-bond donors (Lipinski definition) is 2. The van der Waals surface area contributed by atoms with E-state index >= 15 is 0 Å². The average molecular weight is 387 g/mol. The molecule has 3 heterocycles. The highest BCUT2D eigenvalue weighted by Gasteiger charge is 2.45. The Balaban J connectivity index is 1.48. The van der Waals surface area contributed by atoms with E-state index in [1.54, 1.807) is 5.51 Å². The van der Waals surface area contributed by atoms with Gasteiger partial charge >= 0.3 is 0 Å². The molecule has 1 aliphatic carbocycles. The third-order valence-corrected chi connectivity index (χ3v) is 4.65. The molecule has 3 aromatic rings. The second-order valence-corrected chi connectivity index (χ2v) is 6.91. The number of ether oxygens (including phenoxy) is 1. The maximum atomic E-state index is 12.9. The number of aromatic amines is 1. The van der Waals surface area contributed by atoms with E-state index < -0.39 is 5.92 Å². The fourth-order valence-corrected chi connectivity index (χ4v) is 3.37. The van der Waals surface area contributed by atoms with Crippen molar-refractivity contribution in [2.45, 2.75) is 25.3 Å². The molecule has 0 saturated heterocycles. The summed E-state index contributed by atoms with van der Waals surface area (Å²) in [7, 11) is 0. The third-order valence-electron chi connectivity index (χ3n) is 3.85. The number of alkyl halides is 2. The summed E-state index contributed by atoms with van der Waals surface area (Å²) in [5.41, 5.74) is 3.48. The molecule has 1 fully saturated rings. The number of fused-ring (bicyclic) bond motifs is 1. The van der Waals surface area contributed by atoms with E-state index in [1.807, 2.05) is 5.38 Å². The minimum atomic E-state index is -2.56. The van der Waals surface area contributed by atoms with Crippen molar-refractivity contribution in [3.63, 3.8) is 0 Å². The summed E-state index contributed by atoms with van der Waals surface area (Å²) < 4.78 is 31.2. The van der Waals surface area contributed by atoms with Gasteiger partial charge in [0.1, 0.15) is 0 Å². The molecule has 0 aliphatic heterocycles. The van der Waals surface area contributed by atoms with E-state index in [-0.39, 0.29) is 36.7 Å². The monoisotopic (exact) mass is 386 g/mol. The van der Waals surface area contributed by atoms with Crippen LogP contribution in [0.25, 0.3) is 11.2 Å². The van der Waals surface area contributed by atoms with Crippen LogP contribution in [-0.2, 0) is 6.54 Å². The first-order valence-corrected chi connectivity index (χ1v) is 8.85. The predicted molar refractivity (Wildman–Crippen MR) is 89.3 cm³/mol. The number of nitrogens with zero attached hydrogens (tertiary/aromatic N) is 4. The van der Waals surface area contributed by atoms with Crippen LogP contribution in [0.3, 0.4) is 0 Å². The molecule has 1 saturated carbocycles. The standard InChI is InChI=1S/C14H13ClF2N6OS/c15-12-21-10(18-3-8-5-25-6-19-8)9-11(22-12)23-13(20-9)24-4-7-1-14(16,17)2-7/h5-7H,1-4H2,(H2,18,20,21,22,23). The lowest BCUT2D eigenvalue weighted by atomic mass is 9.82. The molecule has 4 rings (SSSR count). The molecular formula is C14H13ClF2N6OS. The van der Waals surface area contributed by atoms with Gasteiger partial charge in [-0.05, 0) is 11.6 Å². The van der Waals surface area contributed by atoms with Gasteiger partial charge in [-0.1, -0.05) is 0 Å². The highest BCUT2D eigenvalue weighted by atomic mass is 35.5. The Labute approximate surface area is 149 Å². The molecule has 3 aromatic heterocycles. The SMILES string of the molecule is FC1(F)CC(COc2nc3c(NCc4cscn4)nc(Cl)nc3[nH]2)C1. The van der Waals surface area contributed by atoms with Crippen molar-refractivity contribution in [1.29, 1.82) is 0 Å².